The first-order chi connectivity index (χ1) is 11.5. The molecule has 0 heterocycles. The molecule has 0 aliphatic rings. The van der Waals surface area contributed by atoms with Crippen molar-refractivity contribution in [2.24, 2.45) is 0 Å². The number of nitrogens with one attached hydrogen (secondary N) is 1. The summed E-state index contributed by atoms with van der Waals surface area (Å²) < 4.78 is 5.89. The van der Waals surface area contributed by atoms with Crippen molar-refractivity contribution in [1.29, 1.82) is 0 Å². The summed E-state index contributed by atoms with van der Waals surface area (Å²) in [5, 5.41) is 2.99. The van der Waals surface area contributed by atoms with Crippen LogP contribution in [0.15, 0.2) is 54.6 Å². The van der Waals surface area contributed by atoms with E-state index >= 15 is 0 Å². The minimum atomic E-state index is -0.520. The Kier molecular flexibility index (Phi) is 6.42. The number of hydrogen-bond acceptors (Lipinski definition) is 2. The van der Waals surface area contributed by atoms with Crippen LogP contribution in [0, 0.1) is 0 Å². The molecule has 0 radical (unpaired) electrons. The predicted octanol–water partition coefficient (Wildman–Crippen LogP) is 4.50. The quantitative estimate of drug-likeness (QED) is 0.814. The molecule has 0 saturated heterocycles. The highest BCUT2D eigenvalue weighted by molar-refractivity contribution is 5.80. The van der Waals surface area contributed by atoms with E-state index < -0.39 is 6.10 Å². The Morgan fingerprint density at radius 2 is 1.58 bits per heavy atom. The fraction of sp³-hybridized carbons (Fsp3) is 0.381. The molecule has 0 aromatic heterocycles. The Morgan fingerprint density at radius 1 is 0.958 bits per heavy atom. The van der Waals surface area contributed by atoms with Gasteiger partial charge in [-0.2, -0.15) is 0 Å². The van der Waals surface area contributed by atoms with Crippen LogP contribution in [0.3, 0.4) is 0 Å². The van der Waals surface area contributed by atoms with Crippen LogP contribution in [0.1, 0.15) is 50.7 Å². The molecule has 0 aliphatic heterocycles. The third kappa shape index (κ3) is 4.85. The average molecular weight is 325 g/mol. The lowest BCUT2D eigenvalue weighted by Crippen LogP contribution is -2.38. The van der Waals surface area contributed by atoms with Crippen molar-refractivity contribution in [3.8, 4) is 5.75 Å². The summed E-state index contributed by atoms with van der Waals surface area (Å²) in [5.74, 6) is 1.32. The third-order valence-electron chi connectivity index (χ3n) is 4.17. The van der Waals surface area contributed by atoms with Crippen LogP contribution in [0.4, 0.5) is 0 Å². The molecule has 3 nitrogen and oxygen atoms in total. The molecule has 128 valence electrons. The summed E-state index contributed by atoms with van der Waals surface area (Å²) in [5.41, 5.74) is 2.34. The minimum absolute atomic E-state index is 0.0867. The summed E-state index contributed by atoms with van der Waals surface area (Å²) in [6.07, 6.45) is -0.520. The second-order valence-electron chi connectivity index (χ2n) is 6.51. The van der Waals surface area contributed by atoms with Crippen LogP contribution in [-0.4, -0.2) is 18.6 Å². The molecule has 2 aromatic rings. The first kappa shape index (κ1) is 18.1. The van der Waals surface area contributed by atoms with Crippen LogP contribution in [0.2, 0.25) is 0 Å². The van der Waals surface area contributed by atoms with Gasteiger partial charge in [-0.1, -0.05) is 69.3 Å². The number of carbonyl (C=O) groups excluding carboxylic acids is 1. The van der Waals surface area contributed by atoms with Gasteiger partial charge in [0.25, 0.3) is 5.91 Å². The maximum absolute atomic E-state index is 12.3. The van der Waals surface area contributed by atoms with Crippen LogP contribution < -0.4 is 10.1 Å². The van der Waals surface area contributed by atoms with Gasteiger partial charge in [0.15, 0.2) is 6.10 Å². The van der Waals surface area contributed by atoms with Crippen LogP contribution in [0.5, 0.6) is 5.75 Å². The number of ether oxygens (including phenoxy) is 1. The molecule has 0 aliphatic carbocycles. The van der Waals surface area contributed by atoms with Gasteiger partial charge in [0.1, 0.15) is 5.75 Å². The van der Waals surface area contributed by atoms with Gasteiger partial charge in [-0.05, 0) is 36.0 Å². The average Bonchev–Trinajstić information content (AvgIpc) is 2.60. The van der Waals surface area contributed by atoms with Gasteiger partial charge in [0.2, 0.25) is 0 Å². The predicted molar refractivity (Wildman–Crippen MR) is 98.5 cm³/mol. The summed E-state index contributed by atoms with van der Waals surface area (Å²) in [6.45, 7) is 8.74. The van der Waals surface area contributed by atoms with Gasteiger partial charge < -0.3 is 10.1 Å². The van der Waals surface area contributed by atoms with Gasteiger partial charge in [-0.3, -0.25) is 4.79 Å². The van der Waals surface area contributed by atoms with Crippen molar-refractivity contribution in [2.75, 3.05) is 6.54 Å². The van der Waals surface area contributed by atoms with Crippen molar-refractivity contribution in [3.63, 3.8) is 0 Å². The standard InChI is InChI=1S/C21H27NO2/c1-15(2)19-12-8-9-13-20(19)24-17(4)21(23)22-14-16(3)18-10-6-5-7-11-18/h5-13,15-17H,14H2,1-4H3,(H,22,23)/t16-,17-/m0/s1. The fourth-order valence-corrected chi connectivity index (χ4v) is 2.61. The molecule has 0 saturated carbocycles. The molecule has 2 rings (SSSR count). The van der Waals surface area contributed by atoms with Crippen molar-refractivity contribution < 1.29 is 9.53 Å². The molecule has 0 spiro atoms. The highest BCUT2D eigenvalue weighted by Crippen LogP contribution is 2.26. The highest BCUT2D eigenvalue weighted by atomic mass is 16.5. The van der Waals surface area contributed by atoms with Crippen molar-refractivity contribution in [3.05, 3.63) is 65.7 Å². The molecule has 0 fully saturated rings. The van der Waals surface area contributed by atoms with E-state index in [-0.39, 0.29) is 11.8 Å². The van der Waals surface area contributed by atoms with Crippen molar-refractivity contribution in [2.45, 2.75) is 45.6 Å². The summed E-state index contributed by atoms with van der Waals surface area (Å²) >= 11 is 0. The first-order valence-corrected chi connectivity index (χ1v) is 8.57. The molecule has 2 atom stereocenters. The van der Waals surface area contributed by atoms with E-state index in [0.717, 1.165) is 11.3 Å². The van der Waals surface area contributed by atoms with E-state index in [1.807, 2.05) is 42.5 Å². The number of benzene rings is 2. The van der Waals surface area contributed by atoms with Gasteiger partial charge in [-0.15, -0.1) is 0 Å². The summed E-state index contributed by atoms with van der Waals surface area (Å²) in [7, 11) is 0. The second-order valence-corrected chi connectivity index (χ2v) is 6.51. The van der Waals surface area contributed by atoms with E-state index in [1.165, 1.54) is 5.56 Å². The van der Waals surface area contributed by atoms with E-state index in [4.69, 9.17) is 4.74 Å². The van der Waals surface area contributed by atoms with E-state index in [2.05, 4.69) is 38.2 Å². The highest BCUT2D eigenvalue weighted by Gasteiger charge is 2.18. The molecule has 0 bridgehead atoms. The largest absolute Gasteiger partial charge is 0.481 e. The Bertz CT molecular complexity index is 652. The number of para-hydroxylation sites is 1. The molecule has 1 N–H and O–H groups in total. The zero-order valence-electron chi connectivity index (χ0n) is 15.0. The Balaban J connectivity index is 1.91. The maximum atomic E-state index is 12.3. The lowest BCUT2D eigenvalue weighted by Gasteiger charge is -2.20. The number of amides is 1. The zero-order chi connectivity index (χ0) is 17.5. The number of rotatable bonds is 7. The maximum Gasteiger partial charge on any atom is 0.260 e. The second kappa shape index (κ2) is 8.53. The number of hydrogen-bond donors (Lipinski definition) is 1. The summed E-state index contributed by atoms with van der Waals surface area (Å²) in [6, 6.07) is 18.1. The van der Waals surface area contributed by atoms with Crippen molar-refractivity contribution in [1.82, 2.24) is 5.32 Å². The topological polar surface area (TPSA) is 38.3 Å². The Hall–Kier alpha value is -2.29. The number of carbonyl (C=O) groups is 1. The molecule has 1 amide bonds. The monoisotopic (exact) mass is 325 g/mol. The molecular formula is C21H27NO2. The van der Waals surface area contributed by atoms with Crippen molar-refractivity contribution >= 4 is 5.91 Å². The normalized spacial score (nSPS) is 13.4. The first-order valence-electron chi connectivity index (χ1n) is 8.57. The van der Waals surface area contributed by atoms with Gasteiger partial charge in [-0.25, -0.2) is 0 Å². The van der Waals surface area contributed by atoms with Gasteiger partial charge in [0, 0.05) is 6.54 Å². The van der Waals surface area contributed by atoms with Crippen LogP contribution in [-0.2, 0) is 4.79 Å². The van der Waals surface area contributed by atoms with E-state index in [9.17, 15) is 4.79 Å². The van der Waals surface area contributed by atoms with Gasteiger partial charge >= 0.3 is 0 Å². The molecule has 24 heavy (non-hydrogen) atoms. The third-order valence-corrected chi connectivity index (χ3v) is 4.17. The SMILES string of the molecule is CC(C)c1ccccc1O[C@@H](C)C(=O)NC[C@H](C)c1ccccc1. The lowest BCUT2D eigenvalue weighted by molar-refractivity contribution is -0.127. The van der Waals surface area contributed by atoms with Gasteiger partial charge in [0.05, 0.1) is 0 Å². The summed E-state index contributed by atoms with van der Waals surface area (Å²) in [4.78, 5) is 12.3. The fourth-order valence-electron chi connectivity index (χ4n) is 2.61. The molecular weight excluding hydrogens is 298 g/mol. The van der Waals surface area contributed by atoms with Crippen LogP contribution >= 0.6 is 0 Å². The van der Waals surface area contributed by atoms with E-state index in [0.29, 0.717) is 12.5 Å². The Labute approximate surface area is 145 Å². The smallest absolute Gasteiger partial charge is 0.260 e. The zero-order valence-corrected chi connectivity index (χ0v) is 15.0. The Morgan fingerprint density at radius 3 is 2.25 bits per heavy atom. The van der Waals surface area contributed by atoms with Crippen LogP contribution in [0.25, 0.3) is 0 Å². The molecule has 0 unspecified atom stereocenters. The lowest BCUT2D eigenvalue weighted by atomic mass is 10.0. The van der Waals surface area contributed by atoms with E-state index in [1.54, 1.807) is 6.92 Å². The molecule has 2 aromatic carbocycles. The molecule has 3 heteroatoms. The minimum Gasteiger partial charge on any atom is -0.481 e.